The third kappa shape index (κ3) is 7.10. The summed E-state index contributed by atoms with van der Waals surface area (Å²) in [5.41, 5.74) is 1.80. The van der Waals surface area contributed by atoms with Crippen molar-refractivity contribution >= 4 is 5.69 Å². The van der Waals surface area contributed by atoms with Gasteiger partial charge in [-0.2, -0.15) is 10.5 Å². The number of hydrogen-bond acceptors (Lipinski definition) is 7. The number of nitro groups is 1. The largest absolute Gasteiger partial charge is 0.494 e. The number of nitrogens with zero attached hydrogens (tertiary/aromatic N) is 5. The van der Waals surface area contributed by atoms with Crippen molar-refractivity contribution in [2.45, 2.75) is 58.3 Å². The van der Waals surface area contributed by atoms with E-state index in [-0.39, 0.29) is 17.1 Å². The van der Waals surface area contributed by atoms with Gasteiger partial charge in [-0.25, -0.2) is 9.97 Å². The summed E-state index contributed by atoms with van der Waals surface area (Å²) in [5.74, 6) is 0.737. The molecule has 0 spiro atoms. The average molecular weight is 484 g/mol. The van der Waals surface area contributed by atoms with Crippen LogP contribution < -0.4 is 4.74 Å². The van der Waals surface area contributed by atoms with Crippen molar-refractivity contribution in [2.75, 3.05) is 6.61 Å². The molecule has 0 amide bonds. The molecule has 0 aliphatic rings. The van der Waals surface area contributed by atoms with Gasteiger partial charge in [-0.3, -0.25) is 10.1 Å². The highest BCUT2D eigenvalue weighted by Crippen LogP contribution is 2.32. The van der Waals surface area contributed by atoms with Gasteiger partial charge in [-0.1, -0.05) is 51.9 Å². The fourth-order valence-corrected chi connectivity index (χ4v) is 3.87. The van der Waals surface area contributed by atoms with Crippen molar-refractivity contribution in [3.05, 3.63) is 70.0 Å². The normalized spacial score (nSPS) is 10.4. The molecule has 8 nitrogen and oxygen atoms in total. The van der Waals surface area contributed by atoms with Gasteiger partial charge in [-0.05, 0) is 42.8 Å². The second kappa shape index (κ2) is 13.6. The summed E-state index contributed by atoms with van der Waals surface area (Å²) in [4.78, 5) is 19.3. The van der Waals surface area contributed by atoms with Crippen LogP contribution in [0.15, 0.2) is 48.5 Å². The third-order valence-corrected chi connectivity index (χ3v) is 5.85. The predicted molar refractivity (Wildman–Crippen MR) is 137 cm³/mol. The van der Waals surface area contributed by atoms with E-state index in [4.69, 9.17) is 4.74 Å². The number of unbranched alkanes of at least 4 members (excludes halogenated alkanes) is 7. The lowest BCUT2D eigenvalue weighted by molar-refractivity contribution is -0.384. The van der Waals surface area contributed by atoms with E-state index in [0.717, 1.165) is 18.6 Å². The lowest BCUT2D eigenvalue weighted by Gasteiger charge is -2.11. The lowest BCUT2D eigenvalue weighted by atomic mass is 10.0. The van der Waals surface area contributed by atoms with E-state index >= 15 is 0 Å². The van der Waals surface area contributed by atoms with Crippen LogP contribution >= 0.6 is 0 Å². The molecule has 3 aromatic rings. The SMILES string of the molecule is CCCCCCCCCCOc1ccc(-c2nc(C#N)c(C#N)nc2-c2ccc([N+](=O)[O-])cc2)cc1. The van der Waals surface area contributed by atoms with Crippen molar-refractivity contribution in [1.29, 1.82) is 10.5 Å². The molecule has 0 N–H and O–H groups in total. The highest BCUT2D eigenvalue weighted by atomic mass is 16.6. The first kappa shape index (κ1) is 26.3. The Morgan fingerprint density at radius 3 is 1.72 bits per heavy atom. The smallest absolute Gasteiger partial charge is 0.269 e. The molecule has 2 aromatic carbocycles. The van der Waals surface area contributed by atoms with Gasteiger partial charge in [0.2, 0.25) is 0 Å². The summed E-state index contributed by atoms with van der Waals surface area (Å²) >= 11 is 0. The van der Waals surface area contributed by atoms with Gasteiger partial charge in [0.15, 0.2) is 11.4 Å². The topological polar surface area (TPSA) is 126 Å². The molecule has 0 fully saturated rings. The third-order valence-electron chi connectivity index (χ3n) is 5.85. The van der Waals surface area contributed by atoms with Crippen molar-refractivity contribution < 1.29 is 9.66 Å². The molecule has 0 radical (unpaired) electrons. The zero-order chi connectivity index (χ0) is 25.8. The van der Waals surface area contributed by atoms with Crippen LogP contribution in [-0.4, -0.2) is 21.5 Å². The minimum Gasteiger partial charge on any atom is -0.494 e. The van der Waals surface area contributed by atoms with Gasteiger partial charge in [0.1, 0.15) is 17.9 Å². The van der Waals surface area contributed by atoms with Gasteiger partial charge in [0.05, 0.1) is 22.9 Å². The molecule has 36 heavy (non-hydrogen) atoms. The van der Waals surface area contributed by atoms with E-state index in [1.165, 1.54) is 50.7 Å². The number of ether oxygens (including phenoxy) is 1. The van der Waals surface area contributed by atoms with Crippen LogP contribution in [0.3, 0.4) is 0 Å². The van der Waals surface area contributed by atoms with Gasteiger partial charge in [0.25, 0.3) is 5.69 Å². The molecule has 3 rings (SSSR count). The second-order valence-corrected chi connectivity index (χ2v) is 8.49. The molecule has 0 aliphatic heterocycles. The van der Waals surface area contributed by atoms with Gasteiger partial charge < -0.3 is 4.74 Å². The number of aromatic nitrogens is 2. The molecule has 0 atom stereocenters. The van der Waals surface area contributed by atoms with Crippen LogP contribution in [0.1, 0.15) is 69.7 Å². The highest BCUT2D eigenvalue weighted by Gasteiger charge is 2.18. The summed E-state index contributed by atoms with van der Waals surface area (Å²) < 4.78 is 5.88. The maximum atomic E-state index is 11.0. The molecule has 1 aromatic heterocycles. The maximum Gasteiger partial charge on any atom is 0.269 e. The minimum atomic E-state index is -0.484. The van der Waals surface area contributed by atoms with Crippen molar-refractivity contribution in [3.8, 4) is 40.4 Å². The number of benzene rings is 2. The van der Waals surface area contributed by atoms with E-state index < -0.39 is 4.92 Å². The van der Waals surface area contributed by atoms with E-state index in [9.17, 15) is 20.6 Å². The summed E-state index contributed by atoms with van der Waals surface area (Å²) in [5, 5.41) is 29.9. The monoisotopic (exact) mass is 483 g/mol. The number of rotatable bonds is 13. The lowest BCUT2D eigenvalue weighted by Crippen LogP contribution is -2.02. The van der Waals surface area contributed by atoms with E-state index in [0.29, 0.717) is 29.1 Å². The minimum absolute atomic E-state index is 0.0552. The molecule has 0 saturated heterocycles. The fraction of sp³-hybridized carbons (Fsp3) is 0.357. The predicted octanol–water partition coefficient (Wildman–Crippen LogP) is 6.98. The second-order valence-electron chi connectivity index (χ2n) is 8.49. The van der Waals surface area contributed by atoms with Crippen LogP contribution in [0.25, 0.3) is 22.5 Å². The van der Waals surface area contributed by atoms with Crippen LogP contribution in [0.4, 0.5) is 5.69 Å². The van der Waals surface area contributed by atoms with Crippen LogP contribution in [0.2, 0.25) is 0 Å². The standard InChI is InChI=1S/C28H29N5O3/c1-2-3-4-5-6-7-8-9-18-36-24-16-12-22(13-17-24)28-27(31-25(19-29)26(20-30)32-28)21-10-14-23(15-11-21)33(34)35/h10-17H,2-9,18H2,1H3. The first-order chi connectivity index (χ1) is 17.6. The van der Waals surface area contributed by atoms with Gasteiger partial charge in [-0.15, -0.1) is 0 Å². The van der Waals surface area contributed by atoms with E-state index in [1.807, 2.05) is 36.4 Å². The molecule has 0 aliphatic carbocycles. The van der Waals surface area contributed by atoms with Crippen molar-refractivity contribution in [3.63, 3.8) is 0 Å². The Kier molecular flexibility index (Phi) is 9.90. The first-order valence-corrected chi connectivity index (χ1v) is 12.3. The molecule has 0 bridgehead atoms. The molecule has 1 heterocycles. The summed E-state index contributed by atoms with van der Waals surface area (Å²) in [6, 6.07) is 17.0. The number of hydrogen-bond donors (Lipinski definition) is 0. The molecule has 8 heteroatoms. The number of nitro benzene ring substituents is 1. The Morgan fingerprint density at radius 1 is 0.778 bits per heavy atom. The quantitative estimate of drug-likeness (QED) is 0.146. The number of non-ortho nitro benzene ring substituents is 1. The zero-order valence-electron chi connectivity index (χ0n) is 20.4. The maximum absolute atomic E-state index is 11.0. The molecular weight excluding hydrogens is 454 g/mol. The van der Waals surface area contributed by atoms with Crippen LogP contribution in [0, 0.1) is 32.8 Å². The summed E-state index contributed by atoms with van der Waals surface area (Å²) in [7, 11) is 0. The highest BCUT2D eigenvalue weighted by molar-refractivity contribution is 5.79. The Morgan fingerprint density at radius 2 is 1.25 bits per heavy atom. The van der Waals surface area contributed by atoms with Crippen molar-refractivity contribution in [2.24, 2.45) is 0 Å². The van der Waals surface area contributed by atoms with Crippen LogP contribution in [-0.2, 0) is 0 Å². The van der Waals surface area contributed by atoms with E-state index in [1.54, 1.807) is 12.1 Å². The van der Waals surface area contributed by atoms with Crippen molar-refractivity contribution in [1.82, 2.24) is 9.97 Å². The molecule has 184 valence electrons. The number of nitriles is 2. The fourth-order valence-electron chi connectivity index (χ4n) is 3.87. The summed E-state index contributed by atoms with van der Waals surface area (Å²) in [6.07, 6.45) is 9.89. The van der Waals surface area contributed by atoms with Crippen LogP contribution in [0.5, 0.6) is 5.75 Å². The van der Waals surface area contributed by atoms with Gasteiger partial charge >= 0.3 is 0 Å². The zero-order valence-corrected chi connectivity index (χ0v) is 20.4. The molecule has 0 saturated carbocycles. The van der Waals surface area contributed by atoms with Gasteiger partial charge in [0, 0.05) is 23.3 Å². The average Bonchev–Trinajstić information content (AvgIpc) is 2.91. The molecular formula is C28H29N5O3. The Hall–Kier alpha value is -4.30. The Bertz CT molecular complexity index is 1240. The Balaban J connectivity index is 1.72. The Labute approximate surface area is 211 Å². The first-order valence-electron chi connectivity index (χ1n) is 12.3. The summed E-state index contributed by atoms with van der Waals surface area (Å²) in [6.45, 7) is 2.88. The van der Waals surface area contributed by atoms with E-state index in [2.05, 4.69) is 16.9 Å². The molecule has 0 unspecified atom stereocenters.